The zero-order chi connectivity index (χ0) is 15.1. The van der Waals surface area contributed by atoms with Crippen LogP contribution in [0.1, 0.15) is 38.5 Å². The standard InChI is InChI=1S/C14H22N4O3/c1-21-12-7-6-11(17-18-12)16-13(19)15-10-14(20)8-4-2-3-5-9-14/h6-7,20H,2-5,8-10H2,1H3,(H2,15,16,17,19). The summed E-state index contributed by atoms with van der Waals surface area (Å²) in [5, 5.41) is 23.3. The number of nitrogens with zero attached hydrogens (tertiary/aromatic N) is 2. The number of anilines is 1. The van der Waals surface area contributed by atoms with Crippen LogP contribution in [0.3, 0.4) is 0 Å². The summed E-state index contributed by atoms with van der Waals surface area (Å²) in [6.07, 6.45) is 5.77. The lowest BCUT2D eigenvalue weighted by atomic mass is 9.95. The summed E-state index contributed by atoms with van der Waals surface area (Å²) in [5.41, 5.74) is -0.792. The zero-order valence-corrected chi connectivity index (χ0v) is 12.3. The molecule has 0 bridgehead atoms. The zero-order valence-electron chi connectivity index (χ0n) is 12.3. The highest BCUT2D eigenvalue weighted by Crippen LogP contribution is 2.26. The Morgan fingerprint density at radius 1 is 1.29 bits per heavy atom. The molecule has 116 valence electrons. The van der Waals surface area contributed by atoms with Crippen molar-refractivity contribution in [2.75, 3.05) is 19.0 Å². The Balaban J connectivity index is 1.80. The van der Waals surface area contributed by atoms with Crippen LogP contribution in [0.25, 0.3) is 0 Å². The number of rotatable bonds is 4. The summed E-state index contributed by atoms with van der Waals surface area (Å²) in [6, 6.07) is 2.82. The molecule has 0 radical (unpaired) electrons. The van der Waals surface area contributed by atoms with Crippen LogP contribution in [0.5, 0.6) is 5.88 Å². The van der Waals surface area contributed by atoms with Crippen molar-refractivity contribution in [2.24, 2.45) is 0 Å². The minimum absolute atomic E-state index is 0.252. The van der Waals surface area contributed by atoms with Gasteiger partial charge in [0.25, 0.3) is 0 Å². The van der Waals surface area contributed by atoms with Gasteiger partial charge in [-0.3, -0.25) is 5.32 Å². The van der Waals surface area contributed by atoms with E-state index in [1.165, 1.54) is 7.11 Å². The predicted molar refractivity (Wildman–Crippen MR) is 78.3 cm³/mol. The van der Waals surface area contributed by atoms with E-state index in [2.05, 4.69) is 20.8 Å². The van der Waals surface area contributed by atoms with Gasteiger partial charge in [0.2, 0.25) is 5.88 Å². The average Bonchev–Trinajstić information content (AvgIpc) is 2.71. The number of carbonyl (C=O) groups excluding carboxylic acids is 1. The molecule has 0 atom stereocenters. The maximum Gasteiger partial charge on any atom is 0.320 e. The molecule has 7 heteroatoms. The number of hydrogen-bond acceptors (Lipinski definition) is 5. The number of urea groups is 1. The van der Waals surface area contributed by atoms with Crippen LogP contribution in [-0.4, -0.2) is 40.6 Å². The van der Waals surface area contributed by atoms with E-state index in [0.717, 1.165) is 38.5 Å². The second-order valence-electron chi connectivity index (χ2n) is 5.41. The van der Waals surface area contributed by atoms with Gasteiger partial charge in [0.1, 0.15) is 0 Å². The molecule has 1 aliphatic rings. The van der Waals surface area contributed by atoms with Crippen LogP contribution in [0.4, 0.5) is 10.6 Å². The second kappa shape index (κ2) is 7.21. The molecule has 1 aromatic rings. The van der Waals surface area contributed by atoms with Crippen molar-refractivity contribution in [3.63, 3.8) is 0 Å². The number of ether oxygens (including phenoxy) is 1. The number of methoxy groups -OCH3 is 1. The summed E-state index contributed by atoms with van der Waals surface area (Å²) in [7, 11) is 1.50. The SMILES string of the molecule is COc1ccc(NC(=O)NCC2(O)CCCCCC2)nn1. The van der Waals surface area contributed by atoms with Gasteiger partial charge in [0, 0.05) is 12.6 Å². The summed E-state index contributed by atoms with van der Waals surface area (Å²) in [5.74, 6) is 0.717. The predicted octanol–water partition coefficient (Wildman–Crippen LogP) is 1.69. The summed E-state index contributed by atoms with van der Waals surface area (Å²) in [6.45, 7) is 0.252. The van der Waals surface area contributed by atoms with Crippen molar-refractivity contribution in [1.82, 2.24) is 15.5 Å². The second-order valence-corrected chi connectivity index (χ2v) is 5.41. The third-order valence-electron chi connectivity index (χ3n) is 3.70. The van der Waals surface area contributed by atoms with Crippen molar-refractivity contribution < 1.29 is 14.6 Å². The molecule has 1 heterocycles. The molecule has 1 saturated carbocycles. The minimum Gasteiger partial charge on any atom is -0.480 e. The van der Waals surface area contributed by atoms with Gasteiger partial charge in [-0.05, 0) is 18.9 Å². The van der Waals surface area contributed by atoms with Gasteiger partial charge in [-0.2, -0.15) is 0 Å². The van der Waals surface area contributed by atoms with E-state index in [4.69, 9.17) is 4.74 Å². The Hall–Kier alpha value is -1.89. The summed E-state index contributed by atoms with van der Waals surface area (Å²) < 4.78 is 4.89. The van der Waals surface area contributed by atoms with E-state index in [1.54, 1.807) is 12.1 Å². The molecule has 0 spiro atoms. The van der Waals surface area contributed by atoms with Crippen LogP contribution in [0, 0.1) is 0 Å². The molecule has 1 aliphatic carbocycles. The van der Waals surface area contributed by atoms with Gasteiger partial charge in [-0.15, -0.1) is 10.2 Å². The number of aromatic nitrogens is 2. The highest BCUT2D eigenvalue weighted by atomic mass is 16.5. The molecule has 1 fully saturated rings. The number of hydrogen-bond donors (Lipinski definition) is 3. The van der Waals surface area contributed by atoms with Crippen LogP contribution >= 0.6 is 0 Å². The fraction of sp³-hybridized carbons (Fsp3) is 0.643. The quantitative estimate of drug-likeness (QED) is 0.734. The summed E-state index contributed by atoms with van der Waals surface area (Å²) in [4.78, 5) is 11.8. The molecule has 1 aromatic heterocycles. The molecule has 21 heavy (non-hydrogen) atoms. The molecule has 2 amide bonds. The van der Waals surface area contributed by atoms with Gasteiger partial charge >= 0.3 is 6.03 Å². The maximum absolute atomic E-state index is 11.8. The highest BCUT2D eigenvalue weighted by Gasteiger charge is 2.28. The lowest BCUT2D eigenvalue weighted by Crippen LogP contribution is -2.44. The van der Waals surface area contributed by atoms with Crippen molar-refractivity contribution in [3.8, 4) is 5.88 Å². The smallest absolute Gasteiger partial charge is 0.320 e. The number of carbonyl (C=O) groups is 1. The Morgan fingerprint density at radius 3 is 2.57 bits per heavy atom. The van der Waals surface area contributed by atoms with E-state index in [-0.39, 0.29) is 6.54 Å². The normalized spacial score (nSPS) is 17.6. The first-order valence-corrected chi connectivity index (χ1v) is 7.26. The molecule has 2 rings (SSSR count). The van der Waals surface area contributed by atoms with Crippen molar-refractivity contribution in [3.05, 3.63) is 12.1 Å². The lowest BCUT2D eigenvalue weighted by molar-refractivity contribution is 0.0281. The Kier molecular flexibility index (Phi) is 5.32. The third kappa shape index (κ3) is 4.86. The lowest BCUT2D eigenvalue weighted by Gasteiger charge is -2.26. The van der Waals surface area contributed by atoms with Crippen molar-refractivity contribution in [1.29, 1.82) is 0 Å². The molecule has 0 unspecified atom stereocenters. The fourth-order valence-electron chi connectivity index (χ4n) is 2.46. The molecule has 7 nitrogen and oxygen atoms in total. The van der Waals surface area contributed by atoms with E-state index in [0.29, 0.717) is 11.7 Å². The van der Waals surface area contributed by atoms with Gasteiger partial charge in [-0.1, -0.05) is 25.7 Å². The Morgan fingerprint density at radius 2 is 2.00 bits per heavy atom. The first-order chi connectivity index (χ1) is 10.1. The monoisotopic (exact) mass is 294 g/mol. The maximum atomic E-state index is 11.8. The number of nitrogens with one attached hydrogen (secondary N) is 2. The van der Waals surface area contributed by atoms with Crippen molar-refractivity contribution >= 4 is 11.8 Å². The highest BCUT2D eigenvalue weighted by molar-refractivity contribution is 5.88. The fourth-order valence-corrected chi connectivity index (χ4v) is 2.46. The Bertz CT molecular complexity index is 456. The molecular weight excluding hydrogens is 272 g/mol. The molecule has 0 aromatic carbocycles. The van der Waals surface area contributed by atoms with Crippen molar-refractivity contribution in [2.45, 2.75) is 44.1 Å². The largest absolute Gasteiger partial charge is 0.480 e. The summed E-state index contributed by atoms with van der Waals surface area (Å²) >= 11 is 0. The molecular formula is C14H22N4O3. The van der Waals surface area contributed by atoms with Gasteiger partial charge in [0.15, 0.2) is 5.82 Å². The van der Waals surface area contributed by atoms with E-state index in [1.807, 2.05) is 0 Å². The van der Waals surface area contributed by atoms with E-state index in [9.17, 15) is 9.90 Å². The number of aliphatic hydroxyl groups is 1. The van der Waals surface area contributed by atoms with Gasteiger partial charge in [-0.25, -0.2) is 4.79 Å². The molecule has 3 N–H and O–H groups in total. The number of amides is 2. The van der Waals surface area contributed by atoms with E-state index < -0.39 is 11.6 Å². The molecule has 0 saturated heterocycles. The van der Waals surface area contributed by atoms with Crippen LogP contribution < -0.4 is 15.4 Å². The van der Waals surface area contributed by atoms with Crippen LogP contribution in [-0.2, 0) is 0 Å². The topological polar surface area (TPSA) is 96.4 Å². The minimum atomic E-state index is -0.792. The van der Waals surface area contributed by atoms with E-state index >= 15 is 0 Å². The average molecular weight is 294 g/mol. The van der Waals surface area contributed by atoms with Crippen LogP contribution in [0.2, 0.25) is 0 Å². The van der Waals surface area contributed by atoms with Gasteiger partial charge < -0.3 is 15.2 Å². The molecule has 0 aliphatic heterocycles. The third-order valence-corrected chi connectivity index (χ3v) is 3.70. The first kappa shape index (κ1) is 15.5. The van der Waals surface area contributed by atoms with Crippen LogP contribution in [0.15, 0.2) is 12.1 Å². The van der Waals surface area contributed by atoms with Gasteiger partial charge in [0.05, 0.1) is 12.7 Å². The first-order valence-electron chi connectivity index (χ1n) is 7.26. The Labute approximate surface area is 124 Å².